The molecule has 0 bridgehead atoms. The lowest BCUT2D eigenvalue weighted by atomic mass is 10.1. The molecule has 2 aromatic heterocycles. The van der Waals surface area contributed by atoms with Gasteiger partial charge in [0.15, 0.2) is 5.65 Å². The molecule has 88 valence electrons. The van der Waals surface area contributed by atoms with E-state index in [2.05, 4.69) is 46.1 Å². The fourth-order valence-corrected chi connectivity index (χ4v) is 1.80. The second-order valence-electron chi connectivity index (χ2n) is 4.24. The third-order valence-corrected chi connectivity index (χ3v) is 2.79. The Bertz CT molecular complexity index is 660. The number of pyridine rings is 1. The molecule has 0 aliphatic carbocycles. The van der Waals surface area contributed by atoms with Crippen molar-refractivity contribution in [3.8, 4) is 0 Å². The lowest BCUT2D eigenvalue weighted by Gasteiger charge is -1.93. The molecule has 1 aromatic carbocycles. The zero-order valence-electron chi connectivity index (χ0n) is 10.1. The van der Waals surface area contributed by atoms with Gasteiger partial charge < -0.3 is 4.98 Å². The molecule has 0 radical (unpaired) electrons. The second kappa shape index (κ2) is 4.45. The minimum atomic E-state index is 0.751. The van der Waals surface area contributed by atoms with E-state index in [-0.39, 0.29) is 0 Å². The highest BCUT2D eigenvalue weighted by Crippen LogP contribution is 2.11. The SMILES string of the molecule is Cc1ccc(/C=C/c2nc3ncccc3[nH]2)cc1. The number of H-pyrrole nitrogens is 1. The Kier molecular flexibility index (Phi) is 2.65. The van der Waals surface area contributed by atoms with Gasteiger partial charge in [0, 0.05) is 6.20 Å². The van der Waals surface area contributed by atoms with Gasteiger partial charge in [0.25, 0.3) is 0 Å². The molecule has 0 atom stereocenters. The van der Waals surface area contributed by atoms with E-state index < -0.39 is 0 Å². The Morgan fingerprint density at radius 1 is 1.06 bits per heavy atom. The van der Waals surface area contributed by atoms with Gasteiger partial charge >= 0.3 is 0 Å². The van der Waals surface area contributed by atoms with E-state index in [9.17, 15) is 0 Å². The number of fused-ring (bicyclic) bond motifs is 1. The Morgan fingerprint density at radius 3 is 2.67 bits per heavy atom. The molecular weight excluding hydrogens is 222 g/mol. The van der Waals surface area contributed by atoms with Crippen molar-refractivity contribution in [2.45, 2.75) is 6.92 Å². The van der Waals surface area contributed by atoms with Gasteiger partial charge in [-0.3, -0.25) is 0 Å². The van der Waals surface area contributed by atoms with Crippen molar-refractivity contribution in [3.05, 3.63) is 59.5 Å². The molecule has 3 aromatic rings. The van der Waals surface area contributed by atoms with Crippen LogP contribution in [0.15, 0.2) is 42.6 Å². The standard InChI is InChI=1S/C15H13N3/c1-11-4-6-12(7-5-11)8-9-14-17-13-3-2-10-16-15(13)18-14/h2-10H,1H3,(H,16,17,18)/b9-8+. The number of aryl methyl sites for hydroxylation is 1. The summed E-state index contributed by atoms with van der Waals surface area (Å²) < 4.78 is 0. The van der Waals surface area contributed by atoms with E-state index in [1.165, 1.54) is 5.56 Å². The lowest BCUT2D eigenvalue weighted by Crippen LogP contribution is -1.76. The van der Waals surface area contributed by atoms with Crippen molar-refractivity contribution in [2.24, 2.45) is 0 Å². The molecular formula is C15H13N3. The molecule has 0 unspecified atom stereocenters. The molecule has 0 amide bonds. The minimum Gasteiger partial charge on any atom is -0.337 e. The first-order valence-corrected chi connectivity index (χ1v) is 5.87. The molecule has 3 heteroatoms. The number of hydrogen-bond donors (Lipinski definition) is 1. The number of benzene rings is 1. The molecule has 0 spiro atoms. The maximum atomic E-state index is 4.39. The van der Waals surface area contributed by atoms with Crippen LogP contribution in [0.25, 0.3) is 23.3 Å². The third kappa shape index (κ3) is 2.15. The summed E-state index contributed by atoms with van der Waals surface area (Å²) in [7, 11) is 0. The topological polar surface area (TPSA) is 41.6 Å². The average Bonchev–Trinajstić information content (AvgIpc) is 2.81. The van der Waals surface area contributed by atoms with Crippen molar-refractivity contribution in [1.82, 2.24) is 15.0 Å². The number of hydrogen-bond acceptors (Lipinski definition) is 2. The first kappa shape index (κ1) is 10.7. The summed E-state index contributed by atoms with van der Waals surface area (Å²) in [4.78, 5) is 11.8. The lowest BCUT2D eigenvalue weighted by molar-refractivity contribution is 1.27. The van der Waals surface area contributed by atoms with Gasteiger partial charge in [0.05, 0.1) is 5.52 Å². The van der Waals surface area contributed by atoms with Crippen LogP contribution in [0.3, 0.4) is 0 Å². The Morgan fingerprint density at radius 2 is 1.89 bits per heavy atom. The highest BCUT2D eigenvalue weighted by molar-refractivity contribution is 5.75. The van der Waals surface area contributed by atoms with E-state index in [0.29, 0.717) is 0 Å². The third-order valence-electron chi connectivity index (χ3n) is 2.79. The maximum Gasteiger partial charge on any atom is 0.178 e. The van der Waals surface area contributed by atoms with Crippen LogP contribution >= 0.6 is 0 Å². The zero-order valence-corrected chi connectivity index (χ0v) is 10.1. The monoisotopic (exact) mass is 235 g/mol. The van der Waals surface area contributed by atoms with Crippen molar-refractivity contribution in [3.63, 3.8) is 0 Å². The van der Waals surface area contributed by atoms with Gasteiger partial charge in [0.1, 0.15) is 5.82 Å². The first-order valence-electron chi connectivity index (χ1n) is 5.87. The first-order chi connectivity index (χ1) is 8.81. The number of imidazole rings is 1. The molecule has 1 N–H and O–H groups in total. The Balaban J connectivity index is 1.89. The number of aromatic nitrogens is 3. The largest absolute Gasteiger partial charge is 0.337 e. The van der Waals surface area contributed by atoms with Gasteiger partial charge in [-0.2, -0.15) is 0 Å². The van der Waals surface area contributed by atoms with E-state index in [0.717, 1.165) is 22.6 Å². The smallest absolute Gasteiger partial charge is 0.178 e. The summed E-state index contributed by atoms with van der Waals surface area (Å²) in [6.07, 6.45) is 5.75. The fraction of sp³-hybridized carbons (Fsp3) is 0.0667. The predicted molar refractivity (Wildman–Crippen MR) is 74.0 cm³/mol. The molecule has 2 heterocycles. The van der Waals surface area contributed by atoms with Crippen LogP contribution < -0.4 is 0 Å². The molecule has 3 nitrogen and oxygen atoms in total. The van der Waals surface area contributed by atoms with E-state index >= 15 is 0 Å². The summed E-state index contributed by atoms with van der Waals surface area (Å²) in [5.41, 5.74) is 4.14. The van der Waals surface area contributed by atoms with Crippen LogP contribution in [0.5, 0.6) is 0 Å². The van der Waals surface area contributed by atoms with Crippen LogP contribution in [0.2, 0.25) is 0 Å². The second-order valence-corrected chi connectivity index (χ2v) is 4.24. The number of aromatic amines is 1. The Hall–Kier alpha value is -2.42. The molecule has 3 rings (SSSR count). The number of nitrogens with zero attached hydrogens (tertiary/aromatic N) is 2. The molecule has 0 aliphatic rings. The van der Waals surface area contributed by atoms with Crippen LogP contribution in [0, 0.1) is 6.92 Å². The molecule has 0 fully saturated rings. The van der Waals surface area contributed by atoms with Crippen LogP contribution in [-0.4, -0.2) is 15.0 Å². The summed E-state index contributed by atoms with van der Waals surface area (Å²) in [6.45, 7) is 2.08. The normalized spacial score (nSPS) is 11.4. The highest BCUT2D eigenvalue weighted by atomic mass is 15.0. The maximum absolute atomic E-state index is 4.39. The predicted octanol–water partition coefficient (Wildman–Crippen LogP) is 3.44. The van der Waals surface area contributed by atoms with Gasteiger partial charge in [-0.15, -0.1) is 0 Å². The Labute approximate surface area is 105 Å². The van der Waals surface area contributed by atoms with Crippen LogP contribution in [-0.2, 0) is 0 Å². The van der Waals surface area contributed by atoms with Crippen molar-refractivity contribution in [2.75, 3.05) is 0 Å². The summed E-state index contributed by atoms with van der Waals surface area (Å²) in [5.74, 6) is 0.823. The number of nitrogens with one attached hydrogen (secondary N) is 1. The van der Waals surface area contributed by atoms with E-state index in [4.69, 9.17) is 0 Å². The zero-order chi connectivity index (χ0) is 12.4. The molecule has 18 heavy (non-hydrogen) atoms. The van der Waals surface area contributed by atoms with Crippen molar-refractivity contribution < 1.29 is 0 Å². The van der Waals surface area contributed by atoms with Gasteiger partial charge in [0.2, 0.25) is 0 Å². The van der Waals surface area contributed by atoms with Crippen LogP contribution in [0.4, 0.5) is 0 Å². The molecule has 0 aliphatic heterocycles. The molecule has 0 saturated heterocycles. The number of rotatable bonds is 2. The summed E-state index contributed by atoms with van der Waals surface area (Å²) in [5, 5.41) is 0. The quantitative estimate of drug-likeness (QED) is 0.739. The average molecular weight is 235 g/mol. The minimum absolute atomic E-state index is 0.751. The van der Waals surface area contributed by atoms with Gasteiger partial charge in [-0.25, -0.2) is 9.97 Å². The highest BCUT2D eigenvalue weighted by Gasteiger charge is 1.98. The van der Waals surface area contributed by atoms with Gasteiger partial charge in [-0.05, 0) is 30.7 Å². The van der Waals surface area contributed by atoms with Gasteiger partial charge in [-0.1, -0.05) is 35.9 Å². The fourth-order valence-electron chi connectivity index (χ4n) is 1.80. The van der Waals surface area contributed by atoms with Crippen LogP contribution in [0.1, 0.15) is 17.0 Å². The summed E-state index contributed by atoms with van der Waals surface area (Å²) >= 11 is 0. The molecule has 0 saturated carbocycles. The van der Waals surface area contributed by atoms with E-state index in [1.807, 2.05) is 24.3 Å². The van der Waals surface area contributed by atoms with E-state index in [1.54, 1.807) is 6.20 Å². The van der Waals surface area contributed by atoms with Crippen molar-refractivity contribution in [1.29, 1.82) is 0 Å². The van der Waals surface area contributed by atoms with Crippen molar-refractivity contribution >= 4 is 23.3 Å². The summed E-state index contributed by atoms with van der Waals surface area (Å²) in [6, 6.07) is 12.2.